The Bertz CT molecular complexity index is 546. The average Bonchev–Trinajstić information content (AvgIpc) is 2.66. The van der Waals surface area contributed by atoms with E-state index < -0.39 is 0 Å². The third-order valence-corrected chi connectivity index (χ3v) is 3.84. The molecule has 1 N–H and O–H groups in total. The molecule has 0 aliphatic carbocycles. The first-order chi connectivity index (χ1) is 8.54. The van der Waals surface area contributed by atoms with Gasteiger partial charge in [-0.05, 0) is 37.2 Å². The number of hydrogen-bond acceptors (Lipinski definition) is 2. The van der Waals surface area contributed by atoms with Gasteiger partial charge < -0.3 is 5.32 Å². The van der Waals surface area contributed by atoms with Gasteiger partial charge in [-0.3, -0.25) is 4.68 Å². The largest absolute Gasteiger partial charge is 0.308 e. The predicted molar refractivity (Wildman–Crippen MR) is 78.0 cm³/mol. The minimum Gasteiger partial charge on any atom is -0.308 e. The molecule has 0 spiro atoms. The molecule has 3 nitrogen and oxygen atoms in total. The zero-order valence-electron chi connectivity index (χ0n) is 10.5. The van der Waals surface area contributed by atoms with Gasteiger partial charge in [-0.25, -0.2) is 0 Å². The topological polar surface area (TPSA) is 29.9 Å². The van der Waals surface area contributed by atoms with Crippen LogP contribution in [-0.2, 0) is 7.05 Å². The Morgan fingerprint density at radius 3 is 2.72 bits per heavy atom. The summed E-state index contributed by atoms with van der Waals surface area (Å²) in [6, 6.07) is 6.27. The van der Waals surface area contributed by atoms with Gasteiger partial charge in [0.15, 0.2) is 0 Å². The fourth-order valence-corrected chi connectivity index (χ4v) is 2.76. The summed E-state index contributed by atoms with van der Waals surface area (Å²) in [5.74, 6) is 0. The monoisotopic (exact) mass is 327 g/mol. The molecule has 0 aliphatic heterocycles. The summed E-state index contributed by atoms with van der Waals surface area (Å²) in [6.45, 7) is 2.09. The molecule has 0 bridgehead atoms. The van der Waals surface area contributed by atoms with Crippen LogP contribution >= 0.6 is 27.5 Å². The number of aromatic nitrogens is 2. The number of benzene rings is 1. The predicted octanol–water partition coefficient (Wildman–Crippen LogP) is 3.45. The summed E-state index contributed by atoms with van der Waals surface area (Å²) in [6.07, 6.45) is 1.68. The van der Waals surface area contributed by atoms with Crippen LogP contribution in [0.4, 0.5) is 0 Å². The van der Waals surface area contributed by atoms with E-state index in [0.29, 0.717) is 5.02 Å². The van der Waals surface area contributed by atoms with E-state index in [1.807, 2.05) is 24.8 Å². The van der Waals surface area contributed by atoms with Crippen LogP contribution in [0.25, 0.3) is 0 Å². The van der Waals surface area contributed by atoms with Gasteiger partial charge >= 0.3 is 0 Å². The number of nitrogens with zero attached hydrogens (tertiary/aromatic N) is 2. The zero-order valence-corrected chi connectivity index (χ0v) is 12.9. The van der Waals surface area contributed by atoms with Crippen molar-refractivity contribution in [2.24, 2.45) is 7.05 Å². The fourth-order valence-electron chi connectivity index (χ4n) is 2.11. The lowest BCUT2D eigenvalue weighted by molar-refractivity contribution is 0.604. The van der Waals surface area contributed by atoms with Crippen LogP contribution < -0.4 is 5.32 Å². The van der Waals surface area contributed by atoms with E-state index >= 15 is 0 Å². The van der Waals surface area contributed by atoms with Gasteiger partial charge in [-0.1, -0.05) is 33.6 Å². The van der Waals surface area contributed by atoms with E-state index in [0.717, 1.165) is 10.2 Å². The third-order valence-electron chi connectivity index (χ3n) is 3.05. The maximum atomic E-state index is 6.23. The summed E-state index contributed by atoms with van der Waals surface area (Å²) in [7, 11) is 3.83. The van der Waals surface area contributed by atoms with Gasteiger partial charge in [0.05, 0.1) is 23.0 Å². The molecule has 18 heavy (non-hydrogen) atoms. The van der Waals surface area contributed by atoms with Crippen LogP contribution in [-0.4, -0.2) is 16.8 Å². The molecule has 0 radical (unpaired) electrons. The van der Waals surface area contributed by atoms with Crippen LogP contribution in [0.3, 0.4) is 0 Å². The van der Waals surface area contributed by atoms with E-state index in [1.54, 1.807) is 6.20 Å². The molecule has 0 fully saturated rings. The number of rotatable bonds is 3. The van der Waals surface area contributed by atoms with Crippen molar-refractivity contribution in [3.8, 4) is 0 Å². The first kappa shape index (κ1) is 13.6. The standard InChI is InChI=1S/C13H15BrClN3/c1-8-4-5-9(14)6-10(8)12(16-2)13-11(15)7-17-18(13)3/h4-7,12,16H,1-3H3. The van der Waals surface area contributed by atoms with Crippen LogP contribution in [0.5, 0.6) is 0 Å². The van der Waals surface area contributed by atoms with E-state index in [4.69, 9.17) is 11.6 Å². The highest BCUT2D eigenvalue weighted by atomic mass is 79.9. The molecular formula is C13H15BrClN3. The van der Waals surface area contributed by atoms with E-state index in [1.165, 1.54) is 11.1 Å². The molecule has 1 heterocycles. The maximum absolute atomic E-state index is 6.23. The molecule has 0 saturated heterocycles. The lowest BCUT2D eigenvalue weighted by Crippen LogP contribution is -2.21. The Morgan fingerprint density at radius 2 is 2.17 bits per heavy atom. The van der Waals surface area contributed by atoms with Gasteiger partial charge in [0.1, 0.15) is 0 Å². The third kappa shape index (κ3) is 2.46. The van der Waals surface area contributed by atoms with Crippen molar-refractivity contribution in [2.45, 2.75) is 13.0 Å². The summed E-state index contributed by atoms with van der Waals surface area (Å²) in [5.41, 5.74) is 3.38. The molecule has 1 atom stereocenters. The summed E-state index contributed by atoms with van der Waals surface area (Å²) in [5, 5.41) is 8.18. The minimum absolute atomic E-state index is 0.0301. The van der Waals surface area contributed by atoms with Crippen LogP contribution in [0.15, 0.2) is 28.9 Å². The minimum atomic E-state index is 0.0301. The Morgan fingerprint density at radius 1 is 1.44 bits per heavy atom. The second kappa shape index (κ2) is 5.43. The highest BCUT2D eigenvalue weighted by Gasteiger charge is 2.21. The van der Waals surface area contributed by atoms with Gasteiger partial charge in [0, 0.05) is 11.5 Å². The Balaban J connectivity index is 2.55. The fraction of sp³-hybridized carbons (Fsp3) is 0.308. The molecule has 1 aromatic heterocycles. The lowest BCUT2D eigenvalue weighted by Gasteiger charge is -2.20. The SMILES string of the molecule is CNC(c1cc(Br)ccc1C)c1c(Cl)cnn1C. The average molecular weight is 329 g/mol. The van der Waals surface area contributed by atoms with Crippen molar-refractivity contribution in [1.29, 1.82) is 0 Å². The quantitative estimate of drug-likeness (QED) is 0.935. The Hall–Kier alpha value is -0.840. The molecule has 2 aromatic rings. The molecule has 0 saturated carbocycles. The Kier molecular flexibility index (Phi) is 4.10. The maximum Gasteiger partial charge on any atom is 0.0837 e. The first-order valence-corrected chi connectivity index (χ1v) is 6.82. The van der Waals surface area contributed by atoms with Crippen LogP contribution in [0.2, 0.25) is 5.02 Å². The molecule has 0 aliphatic rings. The normalized spacial score (nSPS) is 12.7. The highest BCUT2D eigenvalue weighted by Crippen LogP contribution is 2.30. The highest BCUT2D eigenvalue weighted by molar-refractivity contribution is 9.10. The van der Waals surface area contributed by atoms with Gasteiger partial charge in [0.25, 0.3) is 0 Å². The second-order valence-corrected chi connectivity index (χ2v) is 5.55. The van der Waals surface area contributed by atoms with Crippen molar-refractivity contribution in [1.82, 2.24) is 15.1 Å². The van der Waals surface area contributed by atoms with Crippen molar-refractivity contribution in [2.75, 3.05) is 7.05 Å². The van der Waals surface area contributed by atoms with Crippen LogP contribution in [0.1, 0.15) is 22.9 Å². The first-order valence-electron chi connectivity index (χ1n) is 5.65. The zero-order chi connectivity index (χ0) is 13.3. The van der Waals surface area contributed by atoms with Gasteiger partial charge in [0.2, 0.25) is 0 Å². The molecule has 5 heteroatoms. The molecule has 0 amide bonds. The summed E-state index contributed by atoms with van der Waals surface area (Å²) < 4.78 is 2.87. The molecule has 96 valence electrons. The molecule has 1 aromatic carbocycles. The molecular weight excluding hydrogens is 314 g/mol. The lowest BCUT2D eigenvalue weighted by atomic mass is 9.99. The van der Waals surface area contributed by atoms with Crippen molar-refractivity contribution in [3.63, 3.8) is 0 Å². The van der Waals surface area contributed by atoms with Crippen molar-refractivity contribution >= 4 is 27.5 Å². The molecule has 1 unspecified atom stereocenters. The van der Waals surface area contributed by atoms with Crippen molar-refractivity contribution < 1.29 is 0 Å². The van der Waals surface area contributed by atoms with E-state index in [9.17, 15) is 0 Å². The smallest absolute Gasteiger partial charge is 0.0837 e. The van der Waals surface area contributed by atoms with Crippen molar-refractivity contribution in [3.05, 3.63) is 50.7 Å². The van der Waals surface area contributed by atoms with Crippen LogP contribution in [0, 0.1) is 6.92 Å². The summed E-state index contributed by atoms with van der Waals surface area (Å²) >= 11 is 9.74. The second-order valence-electron chi connectivity index (χ2n) is 4.22. The number of aryl methyl sites for hydroxylation is 2. The number of halogens is 2. The number of nitrogens with one attached hydrogen (secondary N) is 1. The number of hydrogen-bond donors (Lipinski definition) is 1. The van der Waals surface area contributed by atoms with E-state index in [2.05, 4.69) is 45.4 Å². The van der Waals surface area contributed by atoms with Gasteiger partial charge in [-0.15, -0.1) is 0 Å². The molecule has 2 rings (SSSR count). The van der Waals surface area contributed by atoms with Gasteiger partial charge in [-0.2, -0.15) is 5.10 Å². The van der Waals surface area contributed by atoms with E-state index in [-0.39, 0.29) is 6.04 Å². The Labute approximate surface area is 120 Å². The summed E-state index contributed by atoms with van der Waals surface area (Å²) in [4.78, 5) is 0.